The summed E-state index contributed by atoms with van der Waals surface area (Å²) in [4.78, 5) is 0. The predicted octanol–water partition coefficient (Wildman–Crippen LogP) is 2.68. The lowest BCUT2D eigenvalue weighted by Gasteiger charge is -2.41. The van der Waals surface area contributed by atoms with E-state index in [9.17, 15) is 19.7 Å². The molecule has 1 aliphatic heterocycles. The Morgan fingerprint density at radius 2 is 1.89 bits per heavy atom. The Hall–Kier alpha value is -2.93. The Morgan fingerprint density at radius 3 is 2.64 bits per heavy atom. The monoisotopic (exact) mass is 534 g/mol. The minimum atomic E-state index is -1.37. The fraction of sp³-hybridized carbons (Fsp3) is 0.304. The Morgan fingerprint density at radius 1 is 1.08 bits per heavy atom. The lowest BCUT2D eigenvalue weighted by atomic mass is 9.92. The van der Waals surface area contributed by atoms with Crippen LogP contribution in [-0.4, -0.2) is 70.0 Å². The van der Waals surface area contributed by atoms with Gasteiger partial charge in [-0.25, -0.2) is 9.07 Å². The SMILES string of the molecule is Cc1ccc(Cl)cc1-n1cnnc1[C@@H]1O[C@H](CO)[C@H](O)[C@H](n2cc(-c3ccc(Cl)c(F)c3)nn2)[C@H]1O. The molecular formula is C23H21Cl2FN6O4. The van der Waals surface area contributed by atoms with Crippen LogP contribution in [0.25, 0.3) is 16.9 Å². The maximum absolute atomic E-state index is 14.0. The zero-order chi connectivity index (χ0) is 25.6. The average Bonchev–Trinajstić information content (AvgIpc) is 3.53. The average molecular weight is 535 g/mol. The fourth-order valence-electron chi connectivity index (χ4n) is 4.30. The van der Waals surface area contributed by atoms with Crippen LogP contribution in [0, 0.1) is 12.7 Å². The molecule has 0 radical (unpaired) electrons. The first-order chi connectivity index (χ1) is 17.3. The molecule has 10 nitrogen and oxygen atoms in total. The van der Waals surface area contributed by atoms with E-state index in [1.807, 2.05) is 13.0 Å². The summed E-state index contributed by atoms with van der Waals surface area (Å²) < 4.78 is 22.7. The van der Waals surface area contributed by atoms with E-state index in [-0.39, 0.29) is 10.8 Å². The number of hydrogen-bond acceptors (Lipinski definition) is 8. The summed E-state index contributed by atoms with van der Waals surface area (Å²) in [6.07, 6.45) is -1.97. The predicted molar refractivity (Wildman–Crippen MR) is 127 cm³/mol. The third-order valence-electron chi connectivity index (χ3n) is 6.18. The van der Waals surface area contributed by atoms with Crippen LogP contribution in [-0.2, 0) is 4.74 Å². The van der Waals surface area contributed by atoms with Gasteiger partial charge in [-0.3, -0.25) is 4.57 Å². The topological polar surface area (TPSA) is 131 Å². The molecule has 36 heavy (non-hydrogen) atoms. The summed E-state index contributed by atoms with van der Waals surface area (Å²) in [6.45, 7) is 1.35. The van der Waals surface area contributed by atoms with Crippen LogP contribution < -0.4 is 0 Å². The van der Waals surface area contributed by atoms with Crippen LogP contribution in [0.3, 0.4) is 0 Å². The number of aryl methyl sites for hydroxylation is 1. The van der Waals surface area contributed by atoms with E-state index in [0.717, 1.165) is 5.56 Å². The first-order valence-electron chi connectivity index (χ1n) is 10.9. The number of aliphatic hydroxyl groups excluding tert-OH is 3. The molecule has 5 atom stereocenters. The van der Waals surface area contributed by atoms with Gasteiger partial charge in [-0.05, 0) is 36.8 Å². The first kappa shape index (κ1) is 24.8. The van der Waals surface area contributed by atoms with E-state index in [1.54, 1.807) is 22.8 Å². The molecule has 5 rings (SSSR count). The van der Waals surface area contributed by atoms with Gasteiger partial charge in [-0.1, -0.05) is 40.5 Å². The smallest absolute Gasteiger partial charge is 0.169 e. The molecule has 3 N–H and O–H groups in total. The van der Waals surface area contributed by atoms with E-state index < -0.39 is 42.9 Å². The van der Waals surface area contributed by atoms with Crippen molar-refractivity contribution in [3.05, 3.63) is 76.2 Å². The van der Waals surface area contributed by atoms with Crippen molar-refractivity contribution in [2.24, 2.45) is 0 Å². The number of hydrogen-bond donors (Lipinski definition) is 3. The molecule has 1 fully saturated rings. The molecule has 0 aliphatic carbocycles. The van der Waals surface area contributed by atoms with Crippen molar-refractivity contribution < 1.29 is 24.4 Å². The zero-order valence-electron chi connectivity index (χ0n) is 18.8. The highest BCUT2D eigenvalue weighted by molar-refractivity contribution is 6.31. The van der Waals surface area contributed by atoms with E-state index in [2.05, 4.69) is 20.5 Å². The molecule has 0 unspecified atom stereocenters. The van der Waals surface area contributed by atoms with Gasteiger partial charge in [0.05, 0.1) is 23.5 Å². The summed E-state index contributed by atoms with van der Waals surface area (Å²) in [7, 11) is 0. The van der Waals surface area contributed by atoms with E-state index in [1.165, 1.54) is 29.3 Å². The van der Waals surface area contributed by atoms with Crippen LogP contribution in [0.1, 0.15) is 23.5 Å². The minimum absolute atomic E-state index is 0.0332. The number of benzene rings is 2. The minimum Gasteiger partial charge on any atom is -0.394 e. The number of aromatic nitrogens is 6. The second-order valence-electron chi connectivity index (χ2n) is 8.45. The highest BCUT2D eigenvalue weighted by Crippen LogP contribution is 2.38. The van der Waals surface area contributed by atoms with Gasteiger partial charge >= 0.3 is 0 Å². The molecule has 0 bridgehead atoms. The van der Waals surface area contributed by atoms with Crippen molar-refractivity contribution in [2.45, 2.75) is 37.4 Å². The van der Waals surface area contributed by atoms with Crippen molar-refractivity contribution >= 4 is 23.2 Å². The van der Waals surface area contributed by atoms with Gasteiger partial charge in [0.15, 0.2) is 5.82 Å². The van der Waals surface area contributed by atoms with Gasteiger partial charge in [-0.15, -0.1) is 15.3 Å². The highest BCUT2D eigenvalue weighted by Gasteiger charge is 2.48. The number of nitrogens with zero attached hydrogens (tertiary/aromatic N) is 6. The standard InChI is InChI=1S/C23H21Cl2FN6O4/c1-11-2-4-13(24)7-17(11)31-10-27-29-23(31)22-21(35)19(20(34)18(9-33)36-22)32-8-16(28-30-32)12-3-5-14(25)15(26)6-12/h2-8,10,18-22,33-35H,9H2,1H3/t18-,19+,20+,21-,22-/m1/s1. The quantitative estimate of drug-likeness (QED) is 0.356. The summed E-state index contributed by atoms with van der Waals surface area (Å²) in [5.74, 6) is -0.380. The van der Waals surface area contributed by atoms with Gasteiger partial charge in [-0.2, -0.15) is 0 Å². The van der Waals surface area contributed by atoms with Crippen LogP contribution in [0.2, 0.25) is 10.0 Å². The molecule has 13 heteroatoms. The Bertz CT molecular complexity index is 1400. The summed E-state index contributed by atoms with van der Waals surface area (Å²) in [5.41, 5.74) is 2.25. The van der Waals surface area contributed by atoms with Crippen LogP contribution >= 0.6 is 23.2 Å². The second-order valence-corrected chi connectivity index (χ2v) is 9.30. The molecule has 1 saturated heterocycles. The Kier molecular flexibility index (Phi) is 6.77. The Labute approximate surface area is 214 Å². The number of ether oxygens (including phenoxy) is 1. The maximum atomic E-state index is 14.0. The van der Waals surface area contributed by atoms with Crippen LogP contribution in [0.15, 0.2) is 48.9 Å². The van der Waals surface area contributed by atoms with Crippen molar-refractivity contribution in [3.63, 3.8) is 0 Å². The van der Waals surface area contributed by atoms with E-state index in [4.69, 9.17) is 27.9 Å². The Balaban J connectivity index is 1.52. The van der Waals surface area contributed by atoms with Gasteiger partial charge < -0.3 is 20.1 Å². The van der Waals surface area contributed by atoms with Gasteiger partial charge in [0.25, 0.3) is 0 Å². The van der Waals surface area contributed by atoms with Gasteiger partial charge in [0.1, 0.15) is 48.3 Å². The molecular weight excluding hydrogens is 514 g/mol. The molecule has 4 aromatic rings. The largest absolute Gasteiger partial charge is 0.394 e. The van der Waals surface area contributed by atoms with E-state index in [0.29, 0.717) is 22.0 Å². The lowest BCUT2D eigenvalue weighted by molar-refractivity contribution is -0.210. The third-order valence-corrected chi connectivity index (χ3v) is 6.72. The normalized spacial score (nSPS) is 24.2. The van der Waals surface area contributed by atoms with Crippen molar-refractivity contribution in [1.82, 2.24) is 29.8 Å². The fourth-order valence-corrected chi connectivity index (χ4v) is 4.59. The second kappa shape index (κ2) is 9.85. The molecule has 188 valence electrons. The molecule has 0 spiro atoms. The number of rotatable bonds is 5. The summed E-state index contributed by atoms with van der Waals surface area (Å²) in [5, 5.41) is 48.9. The van der Waals surface area contributed by atoms with Crippen molar-refractivity contribution in [1.29, 1.82) is 0 Å². The maximum Gasteiger partial charge on any atom is 0.169 e. The molecule has 2 aromatic heterocycles. The lowest BCUT2D eigenvalue weighted by Crippen LogP contribution is -2.53. The number of halogens is 3. The molecule has 0 amide bonds. The first-order valence-corrected chi connectivity index (χ1v) is 11.7. The molecule has 2 aromatic carbocycles. The van der Waals surface area contributed by atoms with Gasteiger partial charge in [0.2, 0.25) is 0 Å². The van der Waals surface area contributed by atoms with Crippen molar-refractivity contribution in [2.75, 3.05) is 6.61 Å². The molecule has 0 saturated carbocycles. The highest BCUT2D eigenvalue weighted by atomic mass is 35.5. The van der Waals surface area contributed by atoms with E-state index >= 15 is 0 Å². The van der Waals surface area contributed by atoms with Crippen molar-refractivity contribution in [3.8, 4) is 16.9 Å². The number of aliphatic hydroxyl groups is 3. The third kappa shape index (κ3) is 4.38. The van der Waals surface area contributed by atoms with Crippen LogP contribution in [0.5, 0.6) is 0 Å². The van der Waals surface area contributed by atoms with Gasteiger partial charge in [0, 0.05) is 10.6 Å². The molecule has 1 aliphatic rings. The summed E-state index contributed by atoms with van der Waals surface area (Å²) in [6, 6.07) is 8.41. The van der Waals surface area contributed by atoms with Crippen LogP contribution in [0.4, 0.5) is 4.39 Å². The summed E-state index contributed by atoms with van der Waals surface area (Å²) >= 11 is 12.0. The molecule has 3 heterocycles. The zero-order valence-corrected chi connectivity index (χ0v) is 20.3.